The minimum Gasteiger partial charge on any atom is -0.469 e. The van der Waals surface area contributed by atoms with Crippen LogP contribution in [0.1, 0.15) is 33.6 Å². The summed E-state index contributed by atoms with van der Waals surface area (Å²) in [5.74, 6) is 1.85. The van der Waals surface area contributed by atoms with Gasteiger partial charge in [-0.05, 0) is 39.5 Å². The predicted octanol–water partition coefficient (Wildman–Crippen LogP) is 2.06. The number of hydrogen-bond donors (Lipinski definition) is 1. The lowest BCUT2D eigenvalue weighted by Crippen LogP contribution is -2.36. The SMILES string of the molecule is COC(=O)CCSCCCNC(C)(C)C. The standard InChI is InChI=1S/C11H23NO2S/c1-11(2,3)12-7-5-8-15-9-6-10(13)14-4/h12H,5-9H2,1-4H3. The molecule has 0 aliphatic heterocycles. The van der Waals surface area contributed by atoms with Gasteiger partial charge in [0, 0.05) is 11.3 Å². The highest BCUT2D eigenvalue weighted by Gasteiger charge is 2.07. The Morgan fingerprint density at radius 2 is 2.00 bits per heavy atom. The number of thioether (sulfide) groups is 1. The first kappa shape index (κ1) is 14.8. The summed E-state index contributed by atoms with van der Waals surface area (Å²) >= 11 is 1.81. The molecular weight excluding hydrogens is 210 g/mol. The molecule has 90 valence electrons. The van der Waals surface area contributed by atoms with Crippen LogP contribution in [-0.2, 0) is 9.53 Å². The summed E-state index contributed by atoms with van der Waals surface area (Å²) in [5, 5.41) is 3.43. The minimum absolute atomic E-state index is 0.115. The molecule has 0 radical (unpaired) electrons. The first-order chi connectivity index (χ1) is 6.95. The second-order valence-corrected chi connectivity index (χ2v) is 5.69. The summed E-state index contributed by atoms with van der Waals surface area (Å²) in [4.78, 5) is 10.8. The number of nitrogens with one attached hydrogen (secondary N) is 1. The highest BCUT2D eigenvalue weighted by atomic mass is 32.2. The van der Waals surface area contributed by atoms with Crippen molar-refractivity contribution in [3.05, 3.63) is 0 Å². The summed E-state index contributed by atoms with van der Waals surface area (Å²) in [6, 6.07) is 0. The molecule has 0 heterocycles. The zero-order chi connectivity index (χ0) is 11.7. The van der Waals surface area contributed by atoms with Crippen LogP contribution in [0.4, 0.5) is 0 Å². The third kappa shape index (κ3) is 11.7. The molecule has 0 aliphatic rings. The average molecular weight is 233 g/mol. The maximum atomic E-state index is 10.8. The maximum absolute atomic E-state index is 10.8. The van der Waals surface area contributed by atoms with E-state index in [1.165, 1.54) is 7.11 Å². The van der Waals surface area contributed by atoms with Gasteiger partial charge in [0.15, 0.2) is 0 Å². The van der Waals surface area contributed by atoms with Crippen molar-refractivity contribution in [2.75, 3.05) is 25.2 Å². The number of carbonyl (C=O) groups excluding carboxylic acids is 1. The summed E-state index contributed by atoms with van der Waals surface area (Å²) in [5.41, 5.74) is 0.205. The third-order valence-electron chi connectivity index (χ3n) is 1.80. The minimum atomic E-state index is -0.115. The number of carbonyl (C=O) groups is 1. The number of rotatable bonds is 7. The van der Waals surface area contributed by atoms with Crippen LogP contribution >= 0.6 is 11.8 Å². The average Bonchev–Trinajstić information content (AvgIpc) is 2.14. The molecule has 0 rings (SSSR count). The van der Waals surface area contributed by atoms with Crippen molar-refractivity contribution in [1.29, 1.82) is 0 Å². The Morgan fingerprint density at radius 3 is 2.53 bits per heavy atom. The fourth-order valence-electron chi connectivity index (χ4n) is 0.997. The van der Waals surface area contributed by atoms with Crippen molar-refractivity contribution >= 4 is 17.7 Å². The molecular formula is C11H23NO2S. The van der Waals surface area contributed by atoms with Gasteiger partial charge in [0.25, 0.3) is 0 Å². The van der Waals surface area contributed by atoms with Crippen LogP contribution < -0.4 is 5.32 Å². The Labute approximate surface area is 97.3 Å². The van der Waals surface area contributed by atoms with Crippen molar-refractivity contribution in [3.8, 4) is 0 Å². The summed E-state index contributed by atoms with van der Waals surface area (Å²) in [7, 11) is 1.43. The highest BCUT2D eigenvalue weighted by molar-refractivity contribution is 7.99. The van der Waals surface area contributed by atoms with Crippen LogP contribution in [-0.4, -0.2) is 36.7 Å². The van der Waals surface area contributed by atoms with E-state index in [-0.39, 0.29) is 11.5 Å². The number of methoxy groups -OCH3 is 1. The van der Waals surface area contributed by atoms with Crippen molar-refractivity contribution in [2.45, 2.75) is 39.2 Å². The molecule has 3 nitrogen and oxygen atoms in total. The van der Waals surface area contributed by atoms with Crippen molar-refractivity contribution < 1.29 is 9.53 Å². The Kier molecular flexibility index (Phi) is 7.88. The van der Waals surface area contributed by atoms with Gasteiger partial charge in [0.2, 0.25) is 0 Å². The quantitative estimate of drug-likeness (QED) is 0.539. The second-order valence-electron chi connectivity index (χ2n) is 4.47. The molecule has 0 saturated heterocycles. The van der Waals surface area contributed by atoms with Crippen LogP contribution in [0.2, 0.25) is 0 Å². The molecule has 0 amide bonds. The maximum Gasteiger partial charge on any atom is 0.306 e. The second kappa shape index (κ2) is 7.99. The van der Waals surface area contributed by atoms with Gasteiger partial charge in [-0.15, -0.1) is 0 Å². The van der Waals surface area contributed by atoms with Crippen LogP contribution in [0.3, 0.4) is 0 Å². The van der Waals surface area contributed by atoms with Gasteiger partial charge in [-0.1, -0.05) is 0 Å². The molecule has 1 N–H and O–H groups in total. The summed E-state index contributed by atoms with van der Waals surface area (Å²) in [6.45, 7) is 7.53. The van der Waals surface area contributed by atoms with E-state index in [1.807, 2.05) is 0 Å². The fraction of sp³-hybridized carbons (Fsp3) is 0.909. The molecule has 0 fully saturated rings. The normalized spacial score (nSPS) is 11.5. The first-order valence-corrected chi connectivity index (χ1v) is 6.51. The van der Waals surface area contributed by atoms with E-state index in [2.05, 4.69) is 30.8 Å². The molecule has 0 atom stereocenters. The van der Waals surface area contributed by atoms with E-state index in [4.69, 9.17) is 0 Å². The Hall–Kier alpha value is -0.220. The van der Waals surface area contributed by atoms with Crippen molar-refractivity contribution in [1.82, 2.24) is 5.32 Å². The molecule has 0 bridgehead atoms. The molecule has 0 aromatic rings. The monoisotopic (exact) mass is 233 g/mol. The lowest BCUT2D eigenvalue weighted by Gasteiger charge is -2.20. The lowest BCUT2D eigenvalue weighted by atomic mass is 10.1. The molecule has 4 heteroatoms. The topological polar surface area (TPSA) is 38.3 Å². The first-order valence-electron chi connectivity index (χ1n) is 5.35. The molecule has 0 aliphatic carbocycles. The molecule has 0 spiro atoms. The Bertz CT molecular complexity index is 178. The van der Waals surface area contributed by atoms with Gasteiger partial charge in [-0.3, -0.25) is 4.79 Å². The lowest BCUT2D eigenvalue weighted by molar-refractivity contribution is -0.140. The van der Waals surface area contributed by atoms with Gasteiger partial charge in [0.1, 0.15) is 0 Å². The van der Waals surface area contributed by atoms with Crippen molar-refractivity contribution in [3.63, 3.8) is 0 Å². The fourth-order valence-corrected chi connectivity index (χ4v) is 1.86. The Morgan fingerprint density at radius 1 is 1.33 bits per heavy atom. The summed E-state index contributed by atoms with van der Waals surface area (Å²) < 4.78 is 4.56. The van der Waals surface area contributed by atoms with E-state index in [0.29, 0.717) is 6.42 Å². The molecule has 0 aromatic heterocycles. The van der Waals surface area contributed by atoms with E-state index in [9.17, 15) is 4.79 Å². The number of esters is 1. The van der Waals surface area contributed by atoms with E-state index in [1.54, 1.807) is 11.8 Å². The number of ether oxygens (including phenoxy) is 1. The summed E-state index contributed by atoms with van der Waals surface area (Å²) in [6.07, 6.45) is 1.66. The van der Waals surface area contributed by atoms with Crippen LogP contribution in [0.15, 0.2) is 0 Å². The number of hydrogen-bond acceptors (Lipinski definition) is 4. The van der Waals surface area contributed by atoms with E-state index >= 15 is 0 Å². The molecule has 15 heavy (non-hydrogen) atoms. The third-order valence-corrected chi connectivity index (χ3v) is 2.87. The Balaban J connectivity index is 3.16. The van der Waals surface area contributed by atoms with Crippen LogP contribution in [0, 0.1) is 0 Å². The predicted molar refractivity (Wildman–Crippen MR) is 66.3 cm³/mol. The van der Waals surface area contributed by atoms with Gasteiger partial charge >= 0.3 is 5.97 Å². The van der Waals surface area contributed by atoms with Gasteiger partial charge in [-0.25, -0.2) is 0 Å². The smallest absolute Gasteiger partial charge is 0.306 e. The largest absolute Gasteiger partial charge is 0.469 e. The van der Waals surface area contributed by atoms with Crippen molar-refractivity contribution in [2.24, 2.45) is 0 Å². The molecule has 0 saturated carbocycles. The van der Waals surface area contributed by atoms with Crippen LogP contribution in [0.5, 0.6) is 0 Å². The van der Waals surface area contributed by atoms with Crippen LogP contribution in [0.25, 0.3) is 0 Å². The zero-order valence-corrected chi connectivity index (χ0v) is 11.1. The molecule has 0 aromatic carbocycles. The van der Waals surface area contributed by atoms with Gasteiger partial charge in [-0.2, -0.15) is 11.8 Å². The highest BCUT2D eigenvalue weighted by Crippen LogP contribution is 2.05. The van der Waals surface area contributed by atoms with Gasteiger partial charge in [0.05, 0.1) is 13.5 Å². The molecule has 0 unspecified atom stereocenters. The van der Waals surface area contributed by atoms with Gasteiger partial charge < -0.3 is 10.1 Å². The zero-order valence-electron chi connectivity index (χ0n) is 10.3. The van der Waals surface area contributed by atoms with E-state index < -0.39 is 0 Å². The van der Waals surface area contributed by atoms with E-state index in [0.717, 1.165) is 24.5 Å².